The smallest absolute Gasteiger partial charge is 0.170 e. The minimum Gasteiger partial charge on any atom is -0.497 e. The van der Waals surface area contributed by atoms with Crippen LogP contribution in [0.2, 0.25) is 0 Å². The van der Waals surface area contributed by atoms with Crippen molar-refractivity contribution in [3.8, 4) is 17.2 Å². The first kappa shape index (κ1) is 15.4. The van der Waals surface area contributed by atoms with Crippen LogP contribution in [0.1, 0.15) is 33.8 Å². The number of methoxy groups -OCH3 is 3. The van der Waals surface area contributed by atoms with Crippen LogP contribution < -0.4 is 14.2 Å². The molecule has 2 aromatic carbocycles. The van der Waals surface area contributed by atoms with E-state index in [2.05, 4.69) is 0 Å². The summed E-state index contributed by atoms with van der Waals surface area (Å²) in [5, 5.41) is 0. The highest BCUT2D eigenvalue weighted by Crippen LogP contribution is 2.39. The summed E-state index contributed by atoms with van der Waals surface area (Å²) in [5.74, 6) is 2.04. The van der Waals surface area contributed by atoms with Gasteiger partial charge in [0.25, 0.3) is 0 Å². The Kier molecular flexibility index (Phi) is 4.24. The number of benzene rings is 2. The molecule has 23 heavy (non-hydrogen) atoms. The van der Waals surface area contributed by atoms with Gasteiger partial charge < -0.3 is 14.2 Å². The molecule has 0 amide bonds. The van der Waals surface area contributed by atoms with Gasteiger partial charge >= 0.3 is 0 Å². The minimum absolute atomic E-state index is 0.119. The Labute approximate surface area is 136 Å². The Morgan fingerprint density at radius 1 is 0.913 bits per heavy atom. The van der Waals surface area contributed by atoms with Crippen LogP contribution >= 0.6 is 0 Å². The number of rotatable bonds is 4. The second-order valence-electron chi connectivity index (χ2n) is 5.59. The van der Waals surface area contributed by atoms with Crippen LogP contribution in [0, 0.1) is 0 Å². The highest BCUT2D eigenvalue weighted by atomic mass is 16.5. The lowest BCUT2D eigenvalue weighted by molar-refractivity contribution is 0.0944. The van der Waals surface area contributed by atoms with Gasteiger partial charge in [-0.25, -0.2) is 0 Å². The molecule has 1 unspecified atom stereocenters. The molecule has 0 aliphatic heterocycles. The number of hydrogen-bond acceptors (Lipinski definition) is 4. The predicted octanol–water partition coefficient (Wildman–Crippen LogP) is 3.63. The van der Waals surface area contributed by atoms with Crippen molar-refractivity contribution in [2.45, 2.75) is 18.8 Å². The molecule has 0 fully saturated rings. The van der Waals surface area contributed by atoms with E-state index >= 15 is 0 Å². The third-order valence-electron chi connectivity index (χ3n) is 4.42. The molecule has 3 rings (SSSR count). The summed E-state index contributed by atoms with van der Waals surface area (Å²) in [6.07, 6.45) is 1.64. The Morgan fingerprint density at radius 3 is 2.30 bits per heavy atom. The van der Waals surface area contributed by atoms with Crippen LogP contribution in [-0.4, -0.2) is 27.1 Å². The van der Waals surface area contributed by atoms with Gasteiger partial charge in [0.1, 0.15) is 17.2 Å². The molecule has 4 heteroatoms. The van der Waals surface area contributed by atoms with Crippen molar-refractivity contribution in [3.63, 3.8) is 0 Å². The van der Waals surface area contributed by atoms with E-state index in [-0.39, 0.29) is 11.7 Å². The van der Waals surface area contributed by atoms with E-state index in [9.17, 15) is 4.79 Å². The topological polar surface area (TPSA) is 44.8 Å². The Balaban J connectivity index is 2.00. The molecule has 0 heterocycles. The molecule has 0 aromatic heterocycles. The van der Waals surface area contributed by atoms with Crippen molar-refractivity contribution in [3.05, 3.63) is 53.1 Å². The molecule has 0 radical (unpaired) electrons. The summed E-state index contributed by atoms with van der Waals surface area (Å²) in [6, 6.07) is 11.3. The maximum Gasteiger partial charge on any atom is 0.170 e. The number of ether oxygens (including phenoxy) is 3. The Morgan fingerprint density at radius 2 is 1.61 bits per heavy atom. The van der Waals surface area contributed by atoms with E-state index in [1.54, 1.807) is 21.3 Å². The Hall–Kier alpha value is -2.49. The third kappa shape index (κ3) is 2.77. The summed E-state index contributed by atoms with van der Waals surface area (Å²) in [4.78, 5) is 13.0. The number of ketones is 1. The first-order valence-corrected chi connectivity index (χ1v) is 7.61. The van der Waals surface area contributed by atoms with Gasteiger partial charge in [0.15, 0.2) is 5.78 Å². The van der Waals surface area contributed by atoms with Gasteiger partial charge in [-0.3, -0.25) is 4.79 Å². The lowest BCUT2D eigenvalue weighted by Gasteiger charge is -2.25. The normalized spacial score (nSPS) is 16.7. The SMILES string of the molecule is COc1ccc(C2CCc3ccc(OC)cc3C2=O)c(OC)c1. The van der Waals surface area contributed by atoms with Gasteiger partial charge in [-0.15, -0.1) is 0 Å². The van der Waals surface area contributed by atoms with E-state index in [0.29, 0.717) is 11.5 Å². The van der Waals surface area contributed by atoms with E-state index in [1.807, 2.05) is 36.4 Å². The zero-order valence-corrected chi connectivity index (χ0v) is 13.6. The van der Waals surface area contributed by atoms with Crippen LogP contribution in [0.4, 0.5) is 0 Å². The van der Waals surface area contributed by atoms with Crippen LogP contribution in [-0.2, 0) is 6.42 Å². The highest BCUT2D eigenvalue weighted by molar-refractivity contribution is 6.03. The Bertz CT molecular complexity index is 736. The number of fused-ring (bicyclic) bond motifs is 1. The molecule has 4 nitrogen and oxygen atoms in total. The monoisotopic (exact) mass is 312 g/mol. The maximum absolute atomic E-state index is 13.0. The number of Topliss-reactive ketones (excluding diaryl/α,β-unsaturated/α-hetero) is 1. The van der Waals surface area contributed by atoms with Gasteiger partial charge in [0.05, 0.1) is 27.2 Å². The molecule has 1 aliphatic carbocycles. The molecule has 0 bridgehead atoms. The van der Waals surface area contributed by atoms with Crippen molar-refractivity contribution in [1.29, 1.82) is 0 Å². The van der Waals surface area contributed by atoms with Crippen LogP contribution in [0.15, 0.2) is 36.4 Å². The minimum atomic E-state index is -0.199. The van der Waals surface area contributed by atoms with Gasteiger partial charge in [0, 0.05) is 17.2 Å². The molecular formula is C19H20O4. The summed E-state index contributed by atoms with van der Waals surface area (Å²) in [6.45, 7) is 0. The fourth-order valence-corrected chi connectivity index (χ4v) is 3.15. The fourth-order valence-electron chi connectivity index (χ4n) is 3.15. The summed E-state index contributed by atoms with van der Waals surface area (Å²) < 4.78 is 15.9. The van der Waals surface area contributed by atoms with Gasteiger partial charge in [-0.1, -0.05) is 12.1 Å². The molecule has 120 valence electrons. The molecule has 2 aromatic rings. The lowest BCUT2D eigenvalue weighted by Crippen LogP contribution is -2.21. The largest absolute Gasteiger partial charge is 0.497 e. The molecular weight excluding hydrogens is 292 g/mol. The van der Waals surface area contributed by atoms with E-state index in [4.69, 9.17) is 14.2 Å². The zero-order chi connectivity index (χ0) is 16.4. The molecule has 1 atom stereocenters. The summed E-state index contributed by atoms with van der Waals surface area (Å²) >= 11 is 0. The van der Waals surface area contributed by atoms with Crippen molar-refractivity contribution in [2.24, 2.45) is 0 Å². The quantitative estimate of drug-likeness (QED) is 0.865. The lowest BCUT2D eigenvalue weighted by atomic mass is 9.78. The van der Waals surface area contributed by atoms with Crippen molar-refractivity contribution < 1.29 is 19.0 Å². The van der Waals surface area contributed by atoms with Crippen LogP contribution in [0.5, 0.6) is 17.2 Å². The van der Waals surface area contributed by atoms with Gasteiger partial charge in [-0.05, 0) is 36.6 Å². The van der Waals surface area contributed by atoms with Crippen molar-refractivity contribution in [2.75, 3.05) is 21.3 Å². The maximum atomic E-state index is 13.0. The van der Waals surface area contributed by atoms with E-state index in [1.165, 1.54) is 0 Å². The highest BCUT2D eigenvalue weighted by Gasteiger charge is 2.31. The number of carbonyl (C=O) groups is 1. The predicted molar refractivity (Wildman–Crippen MR) is 87.9 cm³/mol. The number of carbonyl (C=O) groups excluding carboxylic acids is 1. The van der Waals surface area contributed by atoms with Crippen molar-refractivity contribution in [1.82, 2.24) is 0 Å². The average molecular weight is 312 g/mol. The van der Waals surface area contributed by atoms with E-state index in [0.717, 1.165) is 35.3 Å². The molecule has 0 N–H and O–H groups in total. The first-order valence-electron chi connectivity index (χ1n) is 7.61. The molecule has 0 saturated carbocycles. The third-order valence-corrected chi connectivity index (χ3v) is 4.42. The van der Waals surface area contributed by atoms with Crippen LogP contribution in [0.3, 0.4) is 0 Å². The second kappa shape index (κ2) is 6.32. The number of hydrogen-bond donors (Lipinski definition) is 0. The summed E-state index contributed by atoms with van der Waals surface area (Å²) in [7, 11) is 4.84. The van der Waals surface area contributed by atoms with Gasteiger partial charge in [-0.2, -0.15) is 0 Å². The standard InChI is InChI=1S/C19H20O4/c1-21-13-6-4-12-5-8-16(19(20)17(12)10-13)15-9-7-14(22-2)11-18(15)23-3/h4,6-7,9-11,16H,5,8H2,1-3H3. The van der Waals surface area contributed by atoms with E-state index < -0.39 is 0 Å². The zero-order valence-electron chi connectivity index (χ0n) is 13.6. The van der Waals surface area contributed by atoms with Crippen molar-refractivity contribution >= 4 is 5.78 Å². The molecule has 0 saturated heterocycles. The molecule has 1 aliphatic rings. The first-order chi connectivity index (χ1) is 11.2. The number of aryl methyl sites for hydroxylation is 1. The summed E-state index contributed by atoms with van der Waals surface area (Å²) in [5.41, 5.74) is 2.74. The second-order valence-corrected chi connectivity index (χ2v) is 5.59. The van der Waals surface area contributed by atoms with Crippen LogP contribution in [0.25, 0.3) is 0 Å². The fraction of sp³-hybridized carbons (Fsp3) is 0.316. The molecule has 0 spiro atoms. The van der Waals surface area contributed by atoms with Gasteiger partial charge in [0.2, 0.25) is 0 Å². The average Bonchev–Trinajstić information content (AvgIpc) is 2.61.